The number of benzene rings is 1. The first kappa shape index (κ1) is 15.8. The van der Waals surface area contributed by atoms with Crippen LogP contribution in [0.5, 0.6) is 5.75 Å². The van der Waals surface area contributed by atoms with Crippen LogP contribution in [-0.4, -0.2) is 26.0 Å². The number of carbonyl (C=O) groups excluding carboxylic acids is 1. The van der Waals surface area contributed by atoms with Crippen molar-refractivity contribution in [3.63, 3.8) is 0 Å². The van der Waals surface area contributed by atoms with Crippen molar-refractivity contribution in [2.24, 2.45) is 0 Å². The van der Waals surface area contributed by atoms with Crippen LogP contribution in [0, 0.1) is 0 Å². The van der Waals surface area contributed by atoms with Gasteiger partial charge in [-0.1, -0.05) is 11.6 Å². The van der Waals surface area contributed by atoms with Gasteiger partial charge in [-0.15, -0.1) is 0 Å². The standard InChI is InChI=1S/C15H12BrClN4O2/c16-8-5-11-15(18-7-8)21-13(19-11)3-4-14(23)20-10-6-9(17)1-2-12(10)22/h1-2,5-7,22H,3-4H2,(H,20,23)(H,18,19,21). The Bertz CT molecular complexity index is 881. The average molecular weight is 396 g/mol. The Morgan fingerprint density at radius 1 is 1.39 bits per heavy atom. The van der Waals surface area contributed by atoms with E-state index in [-0.39, 0.29) is 23.8 Å². The van der Waals surface area contributed by atoms with E-state index in [9.17, 15) is 9.90 Å². The summed E-state index contributed by atoms with van der Waals surface area (Å²) in [6.45, 7) is 0. The minimum Gasteiger partial charge on any atom is -0.506 e. The fraction of sp³-hybridized carbons (Fsp3) is 0.133. The number of halogens is 2. The maximum absolute atomic E-state index is 12.0. The zero-order chi connectivity index (χ0) is 16.4. The molecule has 2 aromatic heterocycles. The molecule has 1 amide bonds. The molecule has 0 aliphatic heterocycles. The molecule has 3 aromatic rings. The Labute approximate surface area is 145 Å². The first-order chi connectivity index (χ1) is 11.0. The van der Waals surface area contributed by atoms with Crippen LogP contribution in [0.15, 0.2) is 34.9 Å². The van der Waals surface area contributed by atoms with Gasteiger partial charge in [-0.25, -0.2) is 9.97 Å². The second-order valence-corrected chi connectivity index (χ2v) is 6.27. The number of nitrogens with zero attached hydrogens (tertiary/aromatic N) is 2. The molecule has 8 heteroatoms. The fourth-order valence-electron chi connectivity index (χ4n) is 2.10. The number of aromatic nitrogens is 3. The second-order valence-electron chi connectivity index (χ2n) is 4.92. The number of aryl methyl sites for hydroxylation is 1. The van der Waals surface area contributed by atoms with Gasteiger partial charge in [0.15, 0.2) is 5.65 Å². The van der Waals surface area contributed by atoms with Crippen LogP contribution in [0.2, 0.25) is 5.02 Å². The highest BCUT2D eigenvalue weighted by atomic mass is 79.9. The molecular formula is C15H12BrClN4O2. The summed E-state index contributed by atoms with van der Waals surface area (Å²) >= 11 is 9.19. The quantitative estimate of drug-likeness (QED) is 0.588. The normalized spacial score (nSPS) is 10.9. The number of pyridine rings is 1. The van der Waals surface area contributed by atoms with Crippen LogP contribution in [0.1, 0.15) is 12.2 Å². The van der Waals surface area contributed by atoms with Gasteiger partial charge >= 0.3 is 0 Å². The topological polar surface area (TPSA) is 90.9 Å². The molecule has 0 fully saturated rings. The number of rotatable bonds is 4. The van der Waals surface area contributed by atoms with Crippen LogP contribution < -0.4 is 5.32 Å². The smallest absolute Gasteiger partial charge is 0.224 e. The predicted molar refractivity (Wildman–Crippen MR) is 91.7 cm³/mol. The highest BCUT2D eigenvalue weighted by molar-refractivity contribution is 9.10. The monoisotopic (exact) mass is 394 g/mol. The molecule has 0 aliphatic carbocycles. The second kappa shape index (κ2) is 6.55. The molecule has 6 nitrogen and oxygen atoms in total. The Morgan fingerprint density at radius 3 is 3.04 bits per heavy atom. The fourth-order valence-corrected chi connectivity index (χ4v) is 2.60. The molecule has 0 spiro atoms. The molecule has 1 aromatic carbocycles. The average Bonchev–Trinajstić information content (AvgIpc) is 2.91. The van der Waals surface area contributed by atoms with Crippen LogP contribution >= 0.6 is 27.5 Å². The molecule has 3 rings (SSSR count). The lowest BCUT2D eigenvalue weighted by Crippen LogP contribution is -2.12. The molecule has 2 heterocycles. The Kier molecular flexibility index (Phi) is 4.49. The van der Waals surface area contributed by atoms with E-state index >= 15 is 0 Å². The van der Waals surface area contributed by atoms with Gasteiger partial charge in [0.2, 0.25) is 5.91 Å². The summed E-state index contributed by atoms with van der Waals surface area (Å²) in [6, 6.07) is 6.35. The van der Waals surface area contributed by atoms with Gasteiger partial charge in [0.1, 0.15) is 11.6 Å². The van der Waals surface area contributed by atoms with Crippen molar-refractivity contribution in [3.8, 4) is 5.75 Å². The number of phenols is 1. The van der Waals surface area contributed by atoms with Gasteiger partial charge < -0.3 is 15.4 Å². The van der Waals surface area contributed by atoms with Gasteiger partial charge in [0.25, 0.3) is 0 Å². The molecule has 0 radical (unpaired) electrons. The summed E-state index contributed by atoms with van der Waals surface area (Å²) in [5.41, 5.74) is 1.70. The lowest BCUT2D eigenvalue weighted by atomic mass is 10.2. The summed E-state index contributed by atoms with van der Waals surface area (Å²) in [6.07, 6.45) is 2.32. The highest BCUT2D eigenvalue weighted by Crippen LogP contribution is 2.26. The van der Waals surface area contributed by atoms with E-state index in [1.54, 1.807) is 12.3 Å². The lowest BCUT2D eigenvalue weighted by molar-refractivity contribution is -0.116. The summed E-state index contributed by atoms with van der Waals surface area (Å²) in [5.74, 6) is 0.411. The van der Waals surface area contributed by atoms with E-state index in [1.807, 2.05) is 6.07 Å². The Balaban J connectivity index is 1.64. The number of fused-ring (bicyclic) bond motifs is 1. The largest absolute Gasteiger partial charge is 0.506 e. The van der Waals surface area contributed by atoms with E-state index < -0.39 is 0 Å². The number of phenolic OH excluding ortho intramolecular Hbond substituents is 1. The van der Waals surface area contributed by atoms with Crippen LogP contribution in [0.4, 0.5) is 5.69 Å². The Hall–Kier alpha value is -2.12. The molecular weight excluding hydrogens is 384 g/mol. The van der Waals surface area contributed by atoms with Crippen molar-refractivity contribution in [2.45, 2.75) is 12.8 Å². The molecule has 0 saturated carbocycles. The van der Waals surface area contributed by atoms with Crippen molar-refractivity contribution >= 4 is 50.3 Å². The number of hydrogen-bond donors (Lipinski definition) is 3. The van der Waals surface area contributed by atoms with Crippen molar-refractivity contribution in [2.75, 3.05) is 5.32 Å². The number of carbonyl (C=O) groups is 1. The third kappa shape index (κ3) is 3.80. The number of amides is 1. The summed E-state index contributed by atoms with van der Waals surface area (Å²) in [4.78, 5) is 23.6. The van der Waals surface area contributed by atoms with Gasteiger partial charge in [0, 0.05) is 28.5 Å². The molecule has 0 saturated heterocycles. The minimum absolute atomic E-state index is 0.0273. The van der Waals surface area contributed by atoms with Crippen molar-refractivity contribution in [1.82, 2.24) is 15.0 Å². The summed E-state index contributed by atoms with van der Waals surface area (Å²) < 4.78 is 0.856. The molecule has 118 valence electrons. The highest BCUT2D eigenvalue weighted by Gasteiger charge is 2.10. The molecule has 0 bridgehead atoms. The predicted octanol–water partition coefficient (Wildman–Crippen LogP) is 3.65. The minimum atomic E-state index is -0.239. The molecule has 0 unspecified atom stereocenters. The van der Waals surface area contributed by atoms with E-state index in [0.717, 1.165) is 9.99 Å². The number of aromatic hydroxyl groups is 1. The van der Waals surface area contributed by atoms with Crippen molar-refractivity contribution in [3.05, 3.63) is 45.8 Å². The number of anilines is 1. The maximum atomic E-state index is 12.0. The van der Waals surface area contributed by atoms with Gasteiger partial charge in [0.05, 0.1) is 11.2 Å². The third-order valence-corrected chi connectivity index (χ3v) is 3.84. The maximum Gasteiger partial charge on any atom is 0.224 e. The van der Waals surface area contributed by atoms with Crippen LogP contribution in [-0.2, 0) is 11.2 Å². The zero-order valence-electron chi connectivity index (χ0n) is 11.8. The van der Waals surface area contributed by atoms with E-state index in [0.29, 0.717) is 22.9 Å². The zero-order valence-corrected chi connectivity index (χ0v) is 14.1. The Morgan fingerprint density at radius 2 is 2.22 bits per heavy atom. The van der Waals surface area contributed by atoms with Gasteiger partial charge in [-0.05, 0) is 40.2 Å². The lowest BCUT2D eigenvalue weighted by Gasteiger charge is -2.07. The van der Waals surface area contributed by atoms with Crippen LogP contribution in [0.25, 0.3) is 11.2 Å². The number of H-pyrrole nitrogens is 1. The SMILES string of the molecule is O=C(CCc1nc2ncc(Br)cc2[nH]1)Nc1cc(Cl)ccc1O. The van der Waals surface area contributed by atoms with Crippen molar-refractivity contribution in [1.29, 1.82) is 0 Å². The van der Waals surface area contributed by atoms with Gasteiger partial charge in [-0.3, -0.25) is 4.79 Å². The summed E-state index contributed by atoms with van der Waals surface area (Å²) in [5, 5.41) is 12.7. The van der Waals surface area contributed by atoms with E-state index in [1.165, 1.54) is 12.1 Å². The van der Waals surface area contributed by atoms with E-state index in [4.69, 9.17) is 11.6 Å². The van der Waals surface area contributed by atoms with Crippen molar-refractivity contribution < 1.29 is 9.90 Å². The van der Waals surface area contributed by atoms with E-state index in [2.05, 4.69) is 36.2 Å². The third-order valence-electron chi connectivity index (χ3n) is 3.17. The number of aromatic amines is 1. The molecule has 23 heavy (non-hydrogen) atoms. The van der Waals surface area contributed by atoms with Crippen LogP contribution in [0.3, 0.4) is 0 Å². The first-order valence-corrected chi connectivity index (χ1v) is 7.97. The molecule has 0 aliphatic rings. The summed E-state index contributed by atoms with van der Waals surface area (Å²) in [7, 11) is 0. The number of imidazole rings is 1. The molecule has 3 N–H and O–H groups in total. The number of hydrogen-bond acceptors (Lipinski definition) is 4. The number of nitrogens with one attached hydrogen (secondary N) is 2. The van der Waals surface area contributed by atoms with Gasteiger partial charge in [-0.2, -0.15) is 0 Å². The first-order valence-electron chi connectivity index (χ1n) is 6.80. The molecule has 0 atom stereocenters.